The molecule has 1 atom stereocenters. The molecule has 1 unspecified atom stereocenters. The number of nitrogens with two attached hydrogens (primary N) is 2. The fourth-order valence-electron chi connectivity index (χ4n) is 6.10. The molecule has 18 nitrogen and oxygen atoms in total. The monoisotopic (exact) mass is 724 g/mol. The van der Waals surface area contributed by atoms with Gasteiger partial charge in [-0.25, -0.2) is 9.97 Å². The molecule has 278 valence electrons. The van der Waals surface area contributed by atoms with Gasteiger partial charge in [0.15, 0.2) is 12.1 Å². The van der Waals surface area contributed by atoms with Crippen molar-refractivity contribution in [1.29, 1.82) is 0 Å². The first-order valence-corrected chi connectivity index (χ1v) is 16.9. The number of aryl methyl sites for hydroxylation is 5. The number of imidazole rings is 1. The number of aldehydes is 1. The number of allylic oxidation sites excluding steroid dienone is 1. The zero-order valence-electron chi connectivity index (χ0n) is 30.5. The van der Waals surface area contributed by atoms with Gasteiger partial charge in [-0.1, -0.05) is 12.2 Å². The van der Waals surface area contributed by atoms with E-state index in [0.29, 0.717) is 66.1 Å². The Balaban J connectivity index is 0.00000175. The Morgan fingerprint density at radius 3 is 2.15 bits per heavy atom. The number of aromatic nitrogens is 7. The molecule has 1 aliphatic rings. The van der Waals surface area contributed by atoms with Gasteiger partial charge in [-0.15, -0.1) is 0 Å². The van der Waals surface area contributed by atoms with Crippen molar-refractivity contribution in [2.24, 2.45) is 11.6 Å². The highest BCUT2D eigenvalue weighted by Gasteiger charge is 2.32. The summed E-state index contributed by atoms with van der Waals surface area (Å²) < 4.78 is 5.12. The number of nitrogens with zero attached hydrogens (tertiary/aromatic N) is 8. The van der Waals surface area contributed by atoms with Crippen molar-refractivity contribution in [2.45, 2.75) is 60.5 Å². The molecular weight excluding hydrogens is 680 g/mol. The minimum Gasteiger partial charge on any atom is -0.366 e. The van der Waals surface area contributed by atoms with Gasteiger partial charge in [-0.3, -0.25) is 45.1 Å². The van der Waals surface area contributed by atoms with Crippen LogP contribution in [0.5, 0.6) is 0 Å². The van der Waals surface area contributed by atoms with E-state index in [4.69, 9.17) is 10.7 Å². The number of carbonyl (C=O) groups is 4. The molecule has 0 fully saturated rings. The van der Waals surface area contributed by atoms with Gasteiger partial charge in [0.05, 0.1) is 33.7 Å². The second kappa shape index (κ2) is 16.3. The summed E-state index contributed by atoms with van der Waals surface area (Å²) in [6.07, 6.45) is 5.27. The molecule has 4 aromatic heterocycles. The summed E-state index contributed by atoms with van der Waals surface area (Å²) in [6.45, 7) is 11.0. The number of nitrogens with one attached hydrogen (secondary N) is 4. The number of carbonyl (C=O) groups excluding carboxylic acids is 4. The predicted molar refractivity (Wildman–Crippen MR) is 200 cm³/mol. The summed E-state index contributed by atoms with van der Waals surface area (Å²) in [7, 11) is 1.65. The molecule has 5 heterocycles. The maximum absolute atomic E-state index is 13.4. The van der Waals surface area contributed by atoms with E-state index in [1.807, 2.05) is 56.2 Å². The van der Waals surface area contributed by atoms with Crippen LogP contribution in [0, 0.1) is 20.8 Å². The van der Waals surface area contributed by atoms with Gasteiger partial charge in [0.2, 0.25) is 11.9 Å². The highest BCUT2D eigenvalue weighted by molar-refractivity contribution is 6.03. The molecule has 0 saturated carbocycles. The van der Waals surface area contributed by atoms with Crippen molar-refractivity contribution in [3.05, 3.63) is 88.1 Å². The lowest BCUT2D eigenvalue weighted by Gasteiger charge is -2.25. The lowest BCUT2D eigenvalue weighted by molar-refractivity contribution is 0.0929. The molecule has 0 radical (unpaired) electrons. The Morgan fingerprint density at radius 2 is 1.55 bits per heavy atom. The molecule has 53 heavy (non-hydrogen) atoms. The molecule has 18 heteroatoms. The Labute approximate surface area is 305 Å². The van der Waals surface area contributed by atoms with E-state index >= 15 is 0 Å². The predicted octanol–water partition coefficient (Wildman–Crippen LogP) is 2.23. The van der Waals surface area contributed by atoms with Crippen molar-refractivity contribution < 1.29 is 19.2 Å². The zero-order valence-corrected chi connectivity index (χ0v) is 30.5. The topological polar surface area (TPSA) is 238 Å². The van der Waals surface area contributed by atoms with Gasteiger partial charge in [-0.05, 0) is 77.6 Å². The number of primary amides is 1. The van der Waals surface area contributed by atoms with Gasteiger partial charge in [-0.2, -0.15) is 10.2 Å². The molecule has 1 aliphatic heterocycles. The van der Waals surface area contributed by atoms with Crippen molar-refractivity contribution in [2.75, 3.05) is 29.1 Å². The molecular formula is C35H44N14O4. The molecule has 5 aromatic rings. The molecule has 0 aliphatic carbocycles. The molecule has 0 saturated heterocycles. The van der Waals surface area contributed by atoms with E-state index in [1.54, 1.807) is 46.7 Å². The Morgan fingerprint density at radius 1 is 0.925 bits per heavy atom. The first-order valence-electron chi connectivity index (χ1n) is 16.9. The third-order valence-electron chi connectivity index (χ3n) is 8.34. The van der Waals surface area contributed by atoms with Crippen molar-refractivity contribution >= 4 is 52.5 Å². The van der Waals surface area contributed by atoms with Crippen LogP contribution in [0.25, 0.3) is 11.0 Å². The van der Waals surface area contributed by atoms with Gasteiger partial charge < -0.3 is 25.8 Å². The summed E-state index contributed by atoms with van der Waals surface area (Å²) in [5.74, 6) is 4.11. The number of benzene rings is 1. The molecule has 8 N–H and O–H groups in total. The van der Waals surface area contributed by atoms with Crippen LogP contribution >= 0.6 is 0 Å². The average molecular weight is 725 g/mol. The van der Waals surface area contributed by atoms with Crippen molar-refractivity contribution in [3.8, 4) is 0 Å². The largest absolute Gasteiger partial charge is 0.366 e. The molecule has 0 spiro atoms. The normalized spacial score (nSPS) is 13.4. The highest BCUT2D eigenvalue weighted by atomic mass is 16.2. The minimum absolute atomic E-state index is 0.227. The minimum atomic E-state index is -0.710. The summed E-state index contributed by atoms with van der Waals surface area (Å²) >= 11 is 0. The number of hydrogen-bond acceptors (Lipinski definition) is 12. The third-order valence-corrected chi connectivity index (χ3v) is 8.34. The Hall–Kier alpha value is -6.40. The number of pyridine rings is 1. The zero-order chi connectivity index (χ0) is 38.4. The van der Waals surface area contributed by atoms with Crippen molar-refractivity contribution in [1.82, 2.24) is 44.8 Å². The molecule has 1 aromatic carbocycles. The fourth-order valence-corrected chi connectivity index (χ4v) is 6.10. The summed E-state index contributed by atoms with van der Waals surface area (Å²) in [4.78, 5) is 61.3. The van der Waals surface area contributed by atoms with Crippen LogP contribution in [0.2, 0.25) is 0 Å². The number of fused-ring (bicyclic) bond motifs is 2. The first kappa shape index (κ1) is 37.8. The van der Waals surface area contributed by atoms with Gasteiger partial charge in [0, 0.05) is 37.9 Å². The van der Waals surface area contributed by atoms with Crippen LogP contribution in [0.4, 0.5) is 17.5 Å². The Kier molecular flexibility index (Phi) is 11.6. The lowest BCUT2D eigenvalue weighted by Crippen LogP contribution is -2.50. The third kappa shape index (κ3) is 8.08. The molecule has 6 rings (SSSR count). The van der Waals surface area contributed by atoms with E-state index in [1.165, 1.54) is 6.20 Å². The second-order valence-electron chi connectivity index (χ2n) is 12.2. The van der Waals surface area contributed by atoms with E-state index < -0.39 is 12.2 Å². The van der Waals surface area contributed by atoms with Gasteiger partial charge in [0.1, 0.15) is 17.7 Å². The van der Waals surface area contributed by atoms with Crippen LogP contribution in [-0.2, 0) is 19.6 Å². The van der Waals surface area contributed by atoms with E-state index in [-0.39, 0.29) is 17.4 Å². The fraction of sp³-hybridized carbons (Fsp3) is 0.314. The summed E-state index contributed by atoms with van der Waals surface area (Å²) in [6, 6.07) is 8.50. The second-order valence-corrected chi connectivity index (χ2v) is 12.2. The van der Waals surface area contributed by atoms with Crippen LogP contribution in [0.3, 0.4) is 0 Å². The van der Waals surface area contributed by atoms with E-state index in [2.05, 4.69) is 42.4 Å². The van der Waals surface area contributed by atoms with Crippen LogP contribution < -0.4 is 37.9 Å². The number of amides is 3. The van der Waals surface area contributed by atoms with Crippen LogP contribution in [0.1, 0.15) is 72.5 Å². The SMILES string of the molecule is CCn1nc(C)cc1C(=O)Nc1nc2cc(C=O)cc(C)c2n1C/C=C/CN1c2ncc(C(N)=O)cc2NC1NC(=O)c1cc(C)nn1CC.CNN. The molecule has 0 bridgehead atoms. The number of hydrogen-bond donors (Lipinski definition) is 6. The van der Waals surface area contributed by atoms with E-state index in [0.717, 1.165) is 28.8 Å². The molecule has 3 amide bonds. The number of hydrazine groups is 1. The quantitative estimate of drug-likeness (QED) is 0.0470. The summed E-state index contributed by atoms with van der Waals surface area (Å²) in [5, 5.41) is 18.0. The highest BCUT2D eigenvalue weighted by Crippen LogP contribution is 2.32. The standard InChI is InChI=1S/C34H38N12O4.CH6N2/c1-6-45-26(13-20(4)41-45)31(49)39-33-37-24-15-22(18-47)12-19(3)28(24)43(33)10-8-9-11-44-30-25(16-23(17-36-30)29(35)48)38-34(44)40-32(50)27-14-21(5)42-46(27)7-2;1-3-2/h8-9,12-18,34,38H,6-7,10-11H2,1-5H3,(H2,35,48)(H,40,50)(H,37,39,49);3H,2H2,1H3/b9-8+;. The average Bonchev–Trinajstić information content (AvgIpc) is 3.89. The first-order chi connectivity index (χ1) is 25.4. The van der Waals surface area contributed by atoms with Crippen LogP contribution in [0.15, 0.2) is 48.7 Å². The smallest absolute Gasteiger partial charge is 0.276 e. The number of anilines is 3. The van der Waals surface area contributed by atoms with Crippen LogP contribution in [-0.4, -0.2) is 78.0 Å². The maximum Gasteiger partial charge on any atom is 0.276 e. The van der Waals surface area contributed by atoms with Gasteiger partial charge in [0.25, 0.3) is 11.8 Å². The maximum atomic E-state index is 13.4. The summed E-state index contributed by atoms with van der Waals surface area (Å²) in [5.41, 5.74) is 13.4. The van der Waals surface area contributed by atoms with Gasteiger partial charge >= 0.3 is 0 Å². The lowest BCUT2D eigenvalue weighted by atomic mass is 10.1. The van der Waals surface area contributed by atoms with E-state index in [9.17, 15) is 19.2 Å². The Bertz CT molecular complexity index is 2200. The number of rotatable bonds is 12. The van der Waals surface area contributed by atoms with Crippen molar-refractivity contribution in [3.63, 3.8) is 0 Å².